The van der Waals surface area contributed by atoms with E-state index in [9.17, 15) is 23.9 Å². The number of hydrogen-bond donors (Lipinski definition) is 2. The predicted octanol–water partition coefficient (Wildman–Crippen LogP) is 2.08. The Morgan fingerprint density at radius 2 is 2.08 bits per heavy atom. The van der Waals surface area contributed by atoms with Crippen molar-refractivity contribution in [1.82, 2.24) is 10.2 Å². The van der Waals surface area contributed by atoms with Crippen LogP contribution in [0, 0.1) is 11.7 Å². The number of rotatable bonds is 8. The van der Waals surface area contributed by atoms with Gasteiger partial charge in [-0.25, -0.2) is 9.18 Å². The first-order chi connectivity index (χ1) is 12.4. The second-order valence-electron chi connectivity index (χ2n) is 7.19. The average molecular weight is 362 g/mol. The van der Waals surface area contributed by atoms with Crippen molar-refractivity contribution in [3.63, 3.8) is 0 Å². The lowest BCUT2D eigenvalue weighted by atomic mass is 10.1. The second-order valence-corrected chi connectivity index (χ2v) is 7.19. The van der Waals surface area contributed by atoms with Gasteiger partial charge in [0, 0.05) is 25.4 Å². The number of hydrogen-bond acceptors (Lipinski definition) is 3. The number of benzene rings is 1. The lowest BCUT2D eigenvalue weighted by Gasteiger charge is -2.25. The van der Waals surface area contributed by atoms with Crippen molar-refractivity contribution >= 4 is 17.8 Å². The molecule has 1 saturated carbocycles. The molecule has 26 heavy (non-hydrogen) atoms. The summed E-state index contributed by atoms with van der Waals surface area (Å²) in [6.07, 6.45) is 3.43. The number of carboxylic acid groups (broad SMARTS) is 1. The van der Waals surface area contributed by atoms with Gasteiger partial charge in [0.2, 0.25) is 11.8 Å². The lowest BCUT2D eigenvalue weighted by molar-refractivity contribution is -0.142. The standard InChI is InChI=1S/C19H23FN2O4/c20-14-3-1-2-13(8-14)11-22-15(6-7-18(22)24)10-17(23)21-16(19(25)26)9-12-4-5-12/h1-3,8,12,15-16H,4-7,9-11H2,(H,21,23)(H,25,26)/t15-,16-/m0/s1. The van der Waals surface area contributed by atoms with Gasteiger partial charge in [0.1, 0.15) is 11.9 Å². The molecule has 0 bridgehead atoms. The van der Waals surface area contributed by atoms with Crippen LogP contribution in [0.5, 0.6) is 0 Å². The van der Waals surface area contributed by atoms with Gasteiger partial charge < -0.3 is 15.3 Å². The van der Waals surface area contributed by atoms with Crippen LogP contribution in [0.3, 0.4) is 0 Å². The molecule has 1 aliphatic heterocycles. The summed E-state index contributed by atoms with van der Waals surface area (Å²) in [6.45, 7) is 0.249. The van der Waals surface area contributed by atoms with Crippen molar-refractivity contribution in [2.45, 2.75) is 57.2 Å². The van der Waals surface area contributed by atoms with E-state index in [0.29, 0.717) is 30.7 Å². The zero-order chi connectivity index (χ0) is 18.7. The molecule has 1 saturated heterocycles. The number of carbonyl (C=O) groups is 3. The van der Waals surface area contributed by atoms with Crippen molar-refractivity contribution < 1.29 is 23.9 Å². The summed E-state index contributed by atoms with van der Waals surface area (Å²) in [4.78, 5) is 37.3. The van der Waals surface area contributed by atoms with Gasteiger partial charge in [-0.3, -0.25) is 9.59 Å². The molecule has 7 heteroatoms. The minimum atomic E-state index is -1.02. The molecule has 0 aromatic heterocycles. The van der Waals surface area contributed by atoms with E-state index in [4.69, 9.17) is 0 Å². The number of amides is 2. The zero-order valence-electron chi connectivity index (χ0n) is 14.5. The maximum Gasteiger partial charge on any atom is 0.326 e. The van der Waals surface area contributed by atoms with Crippen LogP contribution in [-0.4, -0.2) is 39.9 Å². The Balaban J connectivity index is 1.58. The van der Waals surface area contributed by atoms with Crippen molar-refractivity contribution in [3.8, 4) is 0 Å². The van der Waals surface area contributed by atoms with Crippen LogP contribution in [0.15, 0.2) is 24.3 Å². The smallest absolute Gasteiger partial charge is 0.326 e. The summed E-state index contributed by atoms with van der Waals surface area (Å²) in [5, 5.41) is 11.8. The Hall–Kier alpha value is -2.44. The molecule has 140 valence electrons. The summed E-state index contributed by atoms with van der Waals surface area (Å²) in [6, 6.07) is 4.87. The van der Waals surface area contributed by atoms with Crippen molar-refractivity contribution in [2.24, 2.45) is 5.92 Å². The van der Waals surface area contributed by atoms with E-state index in [0.717, 1.165) is 12.8 Å². The van der Waals surface area contributed by atoms with Crippen LogP contribution in [0.1, 0.15) is 44.1 Å². The minimum Gasteiger partial charge on any atom is -0.480 e. The van der Waals surface area contributed by atoms with Crippen LogP contribution >= 0.6 is 0 Å². The van der Waals surface area contributed by atoms with Gasteiger partial charge in [0.25, 0.3) is 0 Å². The Bertz CT molecular complexity index is 705. The number of carbonyl (C=O) groups excluding carboxylic acids is 2. The third-order valence-electron chi connectivity index (χ3n) is 5.01. The molecule has 1 heterocycles. The molecule has 2 fully saturated rings. The molecule has 1 aliphatic carbocycles. The molecule has 0 spiro atoms. The van der Waals surface area contributed by atoms with Crippen molar-refractivity contribution in [1.29, 1.82) is 0 Å². The number of likely N-dealkylation sites (tertiary alicyclic amines) is 1. The molecule has 3 rings (SSSR count). The van der Waals surface area contributed by atoms with E-state index in [-0.39, 0.29) is 36.6 Å². The van der Waals surface area contributed by atoms with Gasteiger partial charge in [-0.05, 0) is 36.5 Å². The highest BCUT2D eigenvalue weighted by molar-refractivity contribution is 5.85. The fourth-order valence-corrected chi connectivity index (χ4v) is 3.43. The molecular weight excluding hydrogens is 339 g/mol. The molecule has 2 amide bonds. The topological polar surface area (TPSA) is 86.7 Å². The number of aliphatic carboxylic acids is 1. The van der Waals surface area contributed by atoms with Gasteiger partial charge in [-0.2, -0.15) is 0 Å². The molecule has 6 nitrogen and oxygen atoms in total. The van der Waals surface area contributed by atoms with Gasteiger partial charge >= 0.3 is 5.97 Å². The number of nitrogens with one attached hydrogen (secondary N) is 1. The summed E-state index contributed by atoms with van der Waals surface area (Å²) in [7, 11) is 0. The van der Waals surface area contributed by atoms with Crippen LogP contribution in [-0.2, 0) is 20.9 Å². The predicted molar refractivity (Wildman–Crippen MR) is 91.5 cm³/mol. The van der Waals surface area contributed by atoms with E-state index in [1.54, 1.807) is 17.0 Å². The van der Waals surface area contributed by atoms with E-state index in [2.05, 4.69) is 5.32 Å². The third kappa shape index (κ3) is 4.80. The van der Waals surface area contributed by atoms with Gasteiger partial charge in [0.15, 0.2) is 0 Å². The highest BCUT2D eigenvalue weighted by Crippen LogP contribution is 2.33. The van der Waals surface area contributed by atoms with Crippen LogP contribution < -0.4 is 5.32 Å². The number of halogens is 1. The van der Waals surface area contributed by atoms with E-state index < -0.39 is 12.0 Å². The van der Waals surface area contributed by atoms with Gasteiger partial charge in [-0.15, -0.1) is 0 Å². The molecule has 0 radical (unpaired) electrons. The van der Waals surface area contributed by atoms with E-state index >= 15 is 0 Å². The number of nitrogens with zero attached hydrogens (tertiary/aromatic N) is 1. The first-order valence-corrected chi connectivity index (χ1v) is 8.98. The number of carboxylic acids is 1. The first-order valence-electron chi connectivity index (χ1n) is 8.98. The second kappa shape index (κ2) is 7.85. The third-order valence-corrected chi connectivity index (χ3v) is 5.01. The van der Waals surface area contributed by atoms with Crippen LogP contribution in [0.25, 0.3) is 0 Å². The molecule has 2 atom stereocenters. The SMILES string of the molecule is O=C(C[C@@H]1CCC(=O)N1Cc1cccc(F)c1)N[C@@H](CC1CC1)C(=O)O. The van der Waals surface area contributed by atoms with E-state index in [1.807, 2.05) is 0 Å². The summed E-state index contributed by atoms with van der Waals surface area (Å²) < 4.78 is 13.4. The molecule has 1 aromatic carbocycles. The molecule has 0 unspecified atom stereocenters. The maximum atomic E-state index is 13.4. The Kier molecular flexibility index (Phi) is 5.54. The highest BCUT2D eigenvalue weighted by atomic mass is 19.1. The molecule has 1 aromatic rings. The summed E-state index contributed by atoms with van der Waals surface area (Å²) in [5.74, 6) is -1.44. The van der Waals surface area contributed by atoms with Crippen LogP contribution in [0.2, 0.25) is 0 Å². The quantitative estimate of drug-likeness (QED) is 0.741. The van der Waals surface area contributed by atoms with Crippen molar-refractivity contribution in [2.75, 3.05) is 0 Å². The largest absolute Gasteiger partial charge is 0.480 e. The fourth-order valence-electron chi connectivity index (χ4n) is 3.43. The summed E-state index contributed by atoms with van der Waals surface area (Å²) >= 11 is 0. The van der Waals surface area contributed by atoms with Gasteiger partial charge in [0.05, 0.1) is 0 Å². The van der Waals surface area contributed by atoms with E-state index in [1.165, 1.54) is 12.1 Å². The van der Waals surface area contributed by atoms with Gasteiger partial charge in [-0.1, -0.05) is 25.0 Å². The first kappa shape index (κ1) is 18.4. The normalized spacial score (nSPS) is 20.9. The fraction of sp³-hybridized carbons (Fsp3) is 0.526. The Labute approximate surface area is 151 Å². The monoisotopic (exact) mass is 362 g/mol. The minimum absolute atomic E-state index is 0.0650. The molecule has 2 aliphatic rings. The Morgan fingerprint density at radius 3 is 2.73 bits per heavy atom. The average Bonchev–Trinajstić information content (AvgIpc) is 3.34. The maximum absolute atomic E-state index is 13.4. The Morgan fingerprint density at radius 1 is 1.31 bits per heavy atom. The lowest BCUT2D eigenvalue weighted by Crippen LogP contribution is -2.44. The van der Waals surface area contributed by atoms with Crippen molar-refractivity contribution in [3.05, 3.63) is 35.6 Å². The highest BCUT2D eigenvalue weighted by Gasteiger charge is 2.34. The molecular formula is C19H23FN2O4. The zero-order valence-corrected chi connectivity index (χ0v) is 14.5. The van der Waals surface area contributed by atoms with Crippen LogP contribution in [0.4, 0.5) is 4.39 Å². The molecule has 2 N–H and O–H groups in total. The summed E-state index contributed by atoms with van der Waals surface area (Å²) in [5.41, 5.74) is 0.669.